The second-order valence-corrected chi connectivity index (χ2v) is 4.94. The van der Waals surface area contributed by atoms with E-state index in [-0.39, 0.29) is 0 Å². The number of H-pyrrole nitrogens is 2. The Bertz CT molecular complexity index is 1010. The van der Waals surface area contributed by atoms with Crippen molar-refractivity contribution in [1.82, 2.24) is 29.7 Å². The predicted octanol–water partition coefficient (Wildman–Crippen LogP) is 1.71. The molecule has 3 heterocycles. The molecule has 22 heavy (non-hydrogen) atoms. The van der Waals surface area contributed by atoms with Crippen LogP contribution in [0.4, 0.5) is 0 Å². The molecule has 0 radical (unpaired) electrons. The molecule has 0 aliphatic heterocycles. The van der Waals surface area contributed by atoms with Crippen LogP contribution in [0, 0.1) is 0 Å². The Morgan fingerprint density at radius 2 is 1.95 bits per heavy atom. The average molecular weight is 292 g/mol. The number of hydrogen-bond acceptors (Lipinski definition) is 4. The standard InChI is InChI=1S/C15H12N6O/c1-21-12(7-10(20-21)9-5-3-2-4-6-9)14-17-11-8-16-15(22)19-13(11)18-14/h2-8H,1H3,(H2,16,17,18,19,22). The molecular weight excluding hydrogens is 280 g/mol. The van der Waals surface area contributed by atoms with Crippen LogP contribution >= 0.6 is 0 Å². The van der Waals surface area contributed by atoms with Gasteiger partial charge in [0.25, 0.3) is 0 Å². The lowest BCUT2D eigenvalue weighted by molar-refractivity contribution is 0.775. The number of imidazole rings is 1. The van der Waals surface area contributed by atoms with Gasteiger partial charge in [-0.05, 0) is 6.07 Å². The van der Waals surface area contributed by atoms with Crippen LogP contribution in [-0.2, 0) is 7.05 Å². The highest BCUT2D eigenvalue weighted by atomic mass is 16.1. The summed E-state index contributed by atoms with van der Waals surface area (Å²) in [5.74, 6) is 0.635. The number of rotatable bonds is 2. The van der Waals surface area contributed by atoms with Gasteiger partial charge < -0.3 is 4.98 Å². The molecule has 0 aliphatic rings. The first kappa shape index (κ1) is 12.5. The molecule has 0 spiro atoms. The first-order valence-electron chi connectivity index (χ1n) is 6.75. The Hall–Kier alpha value is -3.22. The molecule has 0 amide bonds. The van der Waals surface area contributed by atoms with Gasteiger partial charge in [0, 0.05) is 12.6 Å². The second kappa shape index (κ2) is 4.66. The number of benzene rings is 1. The normalized spacial score (nSPS) is 11.1. The average Bonchev–Trinajstić information content (AvgIpc) is 3.11. The van der Waals surface area contributed by atoms with Crippen LogP contribution in [0.2, 0.25) is 0 Å². The van der Waals surface area contributed by atoms with E-state index in [4.69, 9.17) is 0 Å². The summed E-state index contributed by atoms with van der Waals surface area (Å²) in [4.78, 5) is 25.1. The van der Waals surface area contributed by atoms with Crippen LogP contribution in [0.15, 0.2) is 47.4 Å². The topological polar surface area (TPSA) is 92.2 Å². The molecule has 3 aromatic heterocycles. The summed E-state index contributed by atoms with van der Waals surface area (Å²) >= 11 is 0. The summed E-state index contributed by atoms with van der Waals surface area (Å²) in [5.41, 5.74) is 3.48. The molecule has 0 saturated heterocycles. The lowest BCUT2D eigenvalue weighted by Crippen LogP contribution is -2.08. The minimum absolute atomic E-state index is 0.416. The summed E-state index contributed by atoms with van der Waals surface area (Å²) in [6.45, 7) is 0. The van der Waals surface area contributed by atoms with Gasteiger partial charge in [-0.15, -0.1) is 0 Å². The molecule has 0 atom stereocenters. The molecule has 7 nitrogen and oxygen atoms in total. The van der Waals surface area contributed by atoms with E-state index in [0.29, 0.717) is 17.0 Å². The van der Waals surface area contributed by atoms with Crippen LogP contribution in [0.1, 0.15) is 0 Å². The van der Waals surface area contributed by atoms with Crippen LogP contribution < -0.4 is 5.69 Å². The Labute approximate surface area is 124 Å². The van der Waals surface area contributed by atoms with Crippen molar-refractivity contribution in [3.8, 4) is 22.8 Å². The molecule has 4 aromatic rings. The first-order valence-corrected chi connectivity index (χ1v) is 6.75. The van der Waals surface area contributed by atoms with Gasteiger partial charge in [-0.25, -0.2) is 9.78 Å². The van der Waals surface area contributed by atoms with Crippen molar-refractivity contribution < 1.29 is 0 Å². The molecule has 1 aromatic carbocycles. The highest BCUT2D eigenvalue weighted by Gasteiger charge is 2.13. The quantitative estimate of drug-likeness (QED) is 0.588. The molecule has 7 heteroatoms. The van der Waals surface area contributed by atoms with Crippen LogP contribution in [0.5, 0.6) is 0 Å². The second-order valence-electron chi connectivity index (χ2n) is 4.94. The third-order valence-electron chi connectivity index (χ3n) is 3.46. The fourth-order valence-electron chi connectivity index (χ4n) is 2.39. The zero-order valence-corrected chi connectivity index (χ0v) is 11.7. The summed E-state index contributed by atoms with van der Waals surface area (Å²) in [6, 6.07) is 11.9. The van der Waals surface area contributed by atoms with E-state index in [0.717, 1.165) is 17.0 Å². The maximum absolute atomic E-state index is 11.2. The van der Waals surface area contributed by atoms with Gasteiger partial charge in [-0.1, -0.05) is 30.3 Å². The molecule has 0 aliphatic carbocycles. The van der Waals surface area contributed by atoms with Crippen molar-refractivity contribution >= 4 is 11.2 Å². The minimum atomic E-state index is -0.416. The number of aryl methyl sites for hydroxylation is 1. The zero-order chi connectivity index (χ0) is 15.1. The van der Waals surface area contributed by atoms with Gasteiger partial charge in [0.05, 0.1) is 11.9 Å². The number of hydrogen-bond donors (Lipinski definition) is 2. The first-order chi connectivity index (χ1) is 10.7. The SMILES string of the molecule is Cn1nc(-c2ccccc2)cc1-c1nc2[nH]c(=O)ncc2[nH]1. The highest BCUT2D eigenvalue weighted by Crippen LogP contribution is 2.24. The number of nitrogens with zero attached hydrogens (tertiary/aromatic N) is 4. The van der Waals surface area contributed by atoms with Gasteiger partial charge in [0.1, 0.15) is 11.2 Å². The van der Waals surface area contributed by atoms with Gasteiger partial charge in [0.15, 0.2) is 11.5 Å². The van der Waals surface area contributed by atoms with E-state index in [1.807, 2.05) is 43.4 Å². The number of aromatic nitrogens is 6. The third kappa shape index (κ3) is 1.99. The van der Waals surface area contributed by atoms with E-state index in [1.165, 1.54) is 6.20 Å². The molecule has 4 rings (SSSR count). The molecule has 108 valence electrons. The van der Waals surface area contributed by atoms with Crippen LogP contribution in [0.25, 0.3) is 33.9 Å². The maximum atomic E-state index is 11.2. The Morgan fingerprint density at radius 3 is 2.77 bits per heavy atom. The number of fused-ring (bicyclic) bond motifs is 1. The molecule has 0 saturated carbocycles. The summed E-state index contributed by atoms with van der Waals surface area (Å²) in [7, 11) is 1.86. The van der Waals surface area contributed by atoms with E-state index in [9.17, 15) is 4.79 Å². The monoisotopic (exact) mass is 292 g/mol. The molecule has 0 unspecified atom stereocenters. The van der Waals surface area contributed by atoms with Crippen LogP contribution in [0.3, 0.4) is 0 Å². The minimum Gasteiger partial charge on any atom is -0.334 e. The predicted molar refractivity (Wildman–Crippen MR) is 82.1 cm³/mol. The highest BCUT2D eigenvalue weighted by molar-refractivity contribution is 5.75. The maximum Gasteiger partial charge on any atom is 0.346 e. The fourth-order valence-corrected chi connectivity index (χ4v) is 2.39. The molecular formula is C15H12N6O. The van der Waals surface area contributed by atoms with Gasteiger partial charge in [-0.2, -0.15) is 10.1 Å². The Balaban J connectivity index is 1.84. The lowest BCUT2D eigenvalue weighted by atomic mass is 10.1. The Kier molecular flexibility index (Phi) is 2.65. The number of nitrogens with one attached hydrogen (secondary N) is 2. The van der Waals surface area contributed by atoms with Crippen molar-refractivity contribution in [2.75, 3.05) is 0 Å². The van der Waals surface area contributed by atoms with E-state index in [2.05, 4.69) is 25.0 Å². The zero-order valence-electron chi connectivity index (χ0n) is 11.7. The number of aromatic amines is 2. The van der Waals surface area contributed by atoms with Crippen molar-refractivity contribution in [3.63, 3.8) is 0 Å². The fraction of sp³-hybridized carbons (Fsp3) is 0.0667. The molecule has 2 N–H and O–H groups in total. The third-order valence-corrected chi connectivity index (χ3v) is 3.46. The lowest BCUT2D eigenvalue weighted by Gasteiger charge is -1.95. The van der Waals surface area contributed by atoms with Crippen molar-refractivity contribution in [3.05, 3.63) is 53.1 Å². The van der Waals surface area contributed by atoms with E-state index >= 15 is 0 Å². The van der Waals surface area contributed by atoms with E-state index < -0.39 is 5.69 Å². The summed E-state index contributed by atoms with van der Waals surface area (Å²) < 4.78 is 1.76. The molecule has 0 bridgehead atoms. The van der Waals surface area contributed by atoms with E-state index in [1.54, 1.807) is 4.68 Å². The Morgan fingerprint density at radius 1 is 1.14 bits per heavy atom. The van der Waals surface area contributed by atoms with Gasteiger partial charge in [-0.3, -0.25) is 9.67 Å². The summed E-state index contributed by atoms with van der Waals surface area (Å²) in [6.07, 6.45) is 1.47. The molecule has 0 fully saturated rings. The van der Waals surface area contributed by atoms with Crippen molar-refractivity contribution in [1.29, 1.82) is 0 Å². The van der Waals surface area contributed by atoms with Crippen molar-refractivity contribution in [2.24, 2.45) is 7.05 Å². The van der Waals surface area contributed by atoms with Gasteiger partial charge in [0.2, 0.25) is 0 Å². The summed E-state index contributed by atoms with van der Waals surface area (Å²) in [5, 5.41) is 4.51. The van der Waals surface area contributed by atoms with Crippen LogP contribution in [-0.4, -0.2) is 29.7 Å². The van der Waals surface area contributed by atoms with Gasteiger partial charge >= 0.3 is 5.69 Å². The smallest absolute Gasteiger partial charge is 0.334 e. The largest absolute Gasteiger partial charge is 0.346 e. The van der Waals surface area contributed by atoms with Crippen molar-refractivity contribution in [2.45, 2.75) is 0 Å².